The van der Waals surface area contributed by atoms with E-state index in [0.29, 0.717) is 22.5 Å². The molecule has 0 bridgehead atoms. The molecule has 0 amide bonds. The van der Waals surface area contributed by atoms with Crippen molar-refractivity contribution in [3.8, 4) is 0 Å². The number of nitrogens with one attached hydrogen (secondary N) is 1. The Hall–Kier alpha value is -0.600. The van der Waals surface area contributed by atoms with E-state index in [-0.39, 0.29) is 5.82 Å². The van der Waals surface area contributed by atoms with Gasteiger partial charge in [-0.1, -0.05) is 37.9 Å². The van der Waals surface area contributed by atoms with Crippen LogP contribution in [0.25, 0.3) is 0 Å². The SMILES string of the molecule is CCNC1CCC(CC)CC1Cc1c(F)cccc1Cl. The molecular formula is C17H25ClFN. The lowest BCUT2D eigenvalue weighted by molar-refractivity contribution is 0.199. The molecule has 1 aromatic rings. The quantitative estimate of drug-likeness (QED) is 0.821. The van der Waals surface area contributed by atoms with E-state index in [0.717, 1.165) is 18.9 Å². The Balaban J connectivity index is 2.14. The van der Waals surface area contributed by atoms with Gasteiger partial charge in [-0.2, -0.15) is 0 Å². The molecule has 3 atom stereocenters. The molecule has 1 N–H and O–H groups in total. The predicted molar refractivity (Wildman–Crippen MR) is 83.7 cm³/mol. The van der Waals surface area contributed by atoms with Crippen LogP contribution in [0.2, 0.25) is 5.02 Å². The minimum atomic E-state index is -0.161. The van der Waals surface area contributed by atoms with Crippen LogP contribution in [0.1, 0.15) is 45.1 Å². The number of benzene rings is 1. The second-order valence-corrected chi connectivity index (χ2v) is 6.32. The minimum Gasteiger partial charge on any atom is -0.314 e. The Morgan fingerprint density at radius 3 is 2.75 bits per heavy atom. The zero-order valence-electron chi connectivity index (χ0n) is 12.5. The molecule has 0 saturated heterocycles. The van der Waals surface area contributed by atoms with Crippen LogP contribution in [-0.2, 0) is 6.42 Å². The average Bonchev–Trinajstić information content (AvgIpc) is 2.45. The molecule has 1 aliphatic rings. The first-order chi connectivity index (χ1) is 9.65. The summed E-state index contributed by atoms with van der Waals surface area (Å²) in [4.78, 5) is 0. The third kappa shape index (κ3) is 3.73. The second-order valence-electron chi connectivity index (χ2n) is 5.92. The summed E-state index contributed by atoms with van der Waals surface area (Å²) in [6.45, 7) is 5.37. The van der Waals surface area contributed by atoms with Crippen LogP contribution in [0.5, 0.6) is 0 Å². The lowest BCUT2D eigenvalue weighted by atomic mass is 9.74. The molecule has 1 aliphatic carbocycles. The Morgan fingerprint density at radius 1 is 1.30 bits per heavy atom. The monoisotopic (exact) mass is 297 g/mol. The summed E-state index contributed by atoms with van der Waals surface area (Å²) in [5.74, 6) is 1.11. The fourth-order valence-electron chi connectivity index (χ4n) is 3.48. The van der Waals surface area contributed by atoms with E-state index in [4.69, 9.17) is 11.6 Å². The van der Waals surface area contributed by atoms with Gasteiger partial charge in [0.25, 0.3) is 0 Å². The first kappa shape index (κ1) is 15.8. The van der Waals surface area contributed by atoms with Crippen LogP contribution in [0.3, 0.4) is 0 Å². The maximum absolute atomic E-state index is 14.0. The van der Waals surface area contributed by atoms with E-state index in [1.165, 1.54) is 31.7 Å². The summed E-state index contributed by atoms with van der Waals surface area (Å²) in [5.41, 5.74) is 0.693. The third-order valence-electron chi connectivity index (χ3n) is 4.66. The van der Waals surface area contributed by atoms with Gasteiger partial charge in [0.2, 0.25) is 0 Å². The Bertz CT molecular complexity index is 415. The van der Waals surface area contributed by atoms with Crippen molar-refractivity contribution in [2.75, 3.05) is 6.54 Å². The zero-order chi connectivity index (χ0) is 14.5. The van der Waals surface area contributed by atoms with Gasteiger partial charge in [-0.25, -0.2) is 4.39 Å². The van der Waals surface area contributed by atoms with Gasteiger partial charge in [-0.15, -0.1) is 0 Å². The highest BCUT2D eigenvalue weighted by atomic mass is 35.5. The van der Waals surface area contributed by atoms with E-state index < -0.39 is 0 Å². The molecule has 0 heterocycles. The lowest BCUT2D eigenvalue weighted by Crippen LogP contribution is -2.41. The first-order valence-electron chi connectivity index (χ1n) is 7.81. The first-order valence-corrected chi connectivity index (χ1v) is 8.19. The van der Waals surface area contributed by atoms with Crippen molar-refractivity contribution in [1.29, 1.82) is 0 Å². The Labute approximate surface area is 126 Å². The zero-order valence-corrected chi connectivity index (χ0v) is 13.2. The normalized spacial score (nSPS) is 26.7. The van der Waals surface area contributed by atoms with E-state index in [9.17, 15) is 4.39 Å². The Morgan fingerprint density at radius 2 is 2.10 bits per heavy atom. The summed E-state index contributed by atoms with van der Waals surface area (Å²) in [6.07, 6.45) is 5.64. The van der Waals surface area contributed by atoms with Gasteiger partial charge < -0.3 is 5.32 Å². The molecule has 0 radical (unpaired) electrons. The van der Waals surface area contributed by atoms with E-state index >= 15 is 0 Å². The van der Waals surface area contributed by atoms with Gasteiger partial charge in [0.15, 0.2) is 0 Å². The fourth-order valence-corrected chi connectivity index (χ4v) is 3.72. The van der Waals surface area contributed by atoms with Crippen molar-refractivity contribution < 1.29 is 4.39 Å². The second kappa shape index (κ2) is 7.42. The number of rotatable bonds is 5. The van der Waals surface area contributed by atoms with Crippen molar-refractivity contribution >= 4 is 11.6 Å². The summed E-state index contributed by atoms with van der Waals surface area (Å²) < 4.78 is 14.0. The maximum atomic E-state index is 14.0. The average molecular weight is 298 g/mol. The van der Waals surface area contributed by atoms with Gasteiger partial charge in [-0.3, -0.25) is 0 Å². The molecule has 3 heteroatoms. The summed E-state index contributed by atoms with van der Waals surface area (Å²) in [7, 11) is 0. The molecule has 1 nitrogen and oxygen atoms in total. The fraction of sp³-hybridized carbons (Fsp3) is 0.647. The molecule has 0 aliphatic heterocycles. The minimum absolute atomic E-state index is 0.161. The van der Waals surface area contributed by atoms with E-state index in [2.05, 4.69) is 19.2 Å². The van der Waals surface area contributed by atoms with Crippen molar-refractivity contribution in [2.45, 2.75) is 52.0 Å². The van der Waals surface area contributed by atoms with Gasteiger partial charge in [0, 0.05) is 16.6 Å². The van der Waals surface area contributed by atoms with E-state index in [1.54, 1.807) is 12.1 Å². The summed E-state index contributed by atoms with van der Waals surface area (Å²) in [6, 6.07) is 5.49. The highest BCUT2D eigenvalue weighted by molar-refractivity contribution is 6.31. The molecule has 1 fully saturated rings. The highest BCUT2D eigenvalue weighted by Crippen LogP contribution is 2.35. The molecule has 0 aromatic heterocycles. The summed E-state index contributed by atoms with van der Waals surface area (Å²) >= 11 is 6.18. The van der Waals surface area contributed by atoms with Crippen LogP contribution >= 0.6 is 11.6 Å². The molecule has 3 unspecified atom stereocenters. The lowest BCUT2D eigenvalue weighted by Gasteiger charge is -2.36. The van der Waals surface area contributed by atoms with Crippen LogP contribution in [-0.4, -0.2) is 12.6 Å². The number of halogens is 2. The molecule has 2 rings (SSSR count). The number of hydrogen-bond acceptors (Lipinski definition) is 1. The predicted octanol–water partition coefficient (Wildman–Crippen LogP) is 4.83. The van der Waals surface area contributed by atoms with Crippen molar-refractivity contribution in [2.24, 2.45) is 11.8 Å². The smallest absolute Gasteiger partial charge is 0.127 e. The highest BCUT2D eigenvalue weighted by Gasteiger charge is 2.30. The molecule has 1 aromatic carbocycles. The van der Waals surface area contributed by atoms with Crippen LogP contribution in [0.15, 0.2) is 18.2 Å². The van der Waals surface area contributed by atoms with Gasteiger partial charge >= 0.3 is 0 Å². The standard InChI is InChI=1S/C17H25ClFN/c1-3-12-8-9-17(20-4-2)13(10-12)11-14-15(18)6-5-7-16(14)19/h5-7,12-13,17,20H,3-4,8-11H2,1-2H3. The maximum Gasteiger partial charge on any atom is 0.127 e. The van der Waals surface area contributed by atoms with Crippen LogP contribution in [0.4, 0.5) is 4.39 Å². The molecule has 1 saturated carbocycles. The third-order valence-corrected chi connectivity index (χ3v) is 5.02. The van der Waals surface area contributed by atoms with Crippen molar-refractivity contribution in [3.63, 3.8) is 0 Å². The van der Waals surface area contributed by atoms with Crippen molar-refractivity contribution in [3.05, 3.63) is 34.6 Å². The number of hydrogen-bond donors (Lipinski definition) is 1. The summed E-state index contributed by atoms with van der Waals surface area (Å²) in [5, 5.41) is 4.14. The van der Waals surface area contributed by atoms with Gasteiger partial charge in [-0.05, 0) is 56.2 Å². The molecule has 0 spiro atoms. The topological polar surface area (TPSA) is 12.0 Å². The Kier molecular flexibility index (Phi) is 5.86. The van der Waals surface area contributed by atoms with Crippen LogP contribution < -0.4 is 5.32 Å². The van der Waals surface area contributed by atoms with Crippen molar-refractivity contribution in [1.82, 2.24) is 5.32 Å². The van der Waals surface area contributed by atoms with Gasteiger partial charge in [0.1, 0.15) is 5.82 Å². The molecular weight excluding hydrogens is 273 g/mol. The largest absolute Gasteiger partial charge is 0.314 e. The van der Waals surface area contributed by atoms with E-state index in [1.807, 2.05) is 0 Å². The van der Waals surface area contributed by atoms with Crippen LogP contribution in [0, 0.1) is 17.7 Å². The molecule has 112 valence electrons. The van der Waals surface area contributed by atoms with Gasteiger partial charge in [0.05, 0.1) is 0 Å². The molecule has 20 heavy (non-hydrogen) atoms.